The summed E-state index contributed by atoms with van der Waals surface area (Å²) in [6.07, 6.45) is 10.3. The van der Waals surface area contributed by atoms with E-state index in [1.54, 1.807) is 0 Å². The number of amides is 1. The first-order valence-corrected chi connectivity index (χ1v) is 9.17. The topological polar surface area (TPSA) is 32.3 Å². The first-order valence-electron chi connectivity index (χ1n) is 9.17. The van der Waals surface area contributed by atoms with E-state index in [0.29, 0.717) is 17.9 Å². The molecule has 4 bridgehead atoms. The third-order valence-electron chi connectivity index (χ3n) is 6.94. The SMILES string of the molecule is CN(C(=O)CC1CCNCC1)C1C2CC3CC(C2)CC1C3. The smallest absolute Gasteiger partial charge is 0.222 e. The van der Waals surface area contributed by atoms with Gasteiger partial charge in [0.15, 0.2) is 0 Å². The third kappa shape index (κ3) is 2.62. The summed E-state index contributed by atoms with van der Waals surface area (Å²) in [6.45, 7) is 2.19. The van der Waals surface area contributed by atoms with Crippen molar-refractivity contribution < 1.29 is 4.79 Å². The first-order chi connectivity index (χ1) is 10.2. The van der Waals surface area contributed by atoms with Crippen LogP contribution in [0.3, 0.4) is 0 Å². The second-order valence-corrected chi connectivity index (χ2v) is 8.32. The second kappa shape index (κ2) is 5.57. The van der Waals surface area contributed by atoms with Gasteiger partial charge in [0.1, 0.15) is 0 Å². The molecule has 0 unspecified atom stereocenters. The fourth-order valence-electron chi connectivity index (χ4n) is 6.17. The van der Waals surface area contributed by atoms with E-state index in [4.69, 9.17) is 0 Å². The molecule has 1 N–H and O–H groups in total. The standard InChI is InChI=1S/C18H30N2O/c1-20(17(21)11-12-2-4-19-5-3-12)18-15-7-13-6-14(9-15)10-16(18)8-13/h12-16,18-19H,2-11H2,1H3. The predicted octanol–water partition coefficient (Wildman–Crippen LogP) is 2.66. The molecule has 0 radical (unpaired) electrons. The number of carbonyl (C=O) groups is 1. The minimum absolute atomic E-state index is 0.430. The molecule has 118 valence electrons. The minimum atomic E-state index is 0.430. The number of piperidine rings is 1. The average Bonchev–Trinajstić information content (AvgIpc) is 2.47. The Labute approximate surface area is 128 Å². The van der Waals surface area contributed by atoms with Crippen molar-refractivity contribution in [1.82, 2.24) is 10.2 Å². The molecule has 0 spiro atoms. The molecular formula is C18H30N2O. The Hall–Kier alpha value is -0.570. The van der Waals surface area contributed by atoms with E-state index in [0.717, 1.165) is 43.2 Å². The van der Waals surface area contributed by atoms with Crippen LogP contribution in [-0.2, 0) is 4.79 Å². The maximum atomic E-state index is 12.7. The number of carbonyl (C=O) groups excluding carboxylic acids is 1. The van der Waals surface area contributed by atoms with Crippen molar-refractivity contribution in [2.24, 2.45) is 29.6 Å². The molecule has 5 aliphatic rings. The monoisotopic (exact) mass is 290 g/mol. The molecule has 5 fully saturated rings. The molecule has 0 aromatic heterocycles. The molecule has 0 aromatic carbocycles. The number of rotatable bonds is 3. The number of hydrogen-bond donors (Lipinski definition) is 1. The van der Waals surface area contributed by atoms with E-state index in [1.165, 1.54) is 44.9 Å². The van der Waals surface area contributed by atoms with Crippen LogP contribution in [0.5, 0.6) is 0 Å². The molecule has 4 saturated carbocycles. The molecular weight excluding hydrogens is 260 g/mol. The average molecular weight is 290 g/mol. The molecule has 1 aliphatic heterocycles. The Morgan fingerprint density at radius 3 is 2.14 bits per heavy atom. The summed E-state index contributed by atoms with van der Waals surface area (Å²) in [7, 11) is 2.11. The van der Waals surface area contributed by atoms with Crippen molar-refractivity contribution in [3.8, 4) is 0 Å². The van der Waals surface area contributed by atoms with Gasteiger partial charge >= 0.3 is 0 Å². The minimum Gasteiger partial charge on any atom is -0.342 e. The highest BCUT2D eigenvalue weighted by molar-refractivity contribution is 5.76. The molecule has 3 nitrogen and oxygen atoms in total. The molecule has 0 aromatic rings. The van der Waals surface area contributed by atoms with Gasteiger partial charge < -0.3 is 10.2 Å². The molecule has 21 heavy (non-hydrogen) atoms. The number of nitrogens with zero attached hydrogens (tertiary/aromatic N) is 1. The lowest BCUT2D eigenvalue weighted by Gasteiger charge is -2.56. The van der Waals surface area contributed by atoms with E-state index in [2.05, 4.69) is 17.3 Å². The largest absolute Gasteiger partial charge is 0.342 e. The van der Waals surface area contributed by atoms with Gasteiger partial charge in [0.05, 0.1) is 0 Å². The van der Waals surface area contributed by atoms with Crippen molar-refractivity contribution in [3.63, 3.8) is 0 Å². The summed E-state index contributed by atoms with van der Waals surface area (Å²) in [4.78, 5) is 14.9. The van der Waals surface area contributed by atoms with Crippen LogP contribution in [0.2, 0.25) is 0 Å². The van der Waals surface area contributed by atoms with E-state index < -0.39 is 0 Å². The highest BCUT2D eigenvalue weighted by Crippen LogP contribution is 2.55. The van der Waals surface area contributed by atoms with Gasteiger partial charge in [-0.2, -0.15) is 0 Å². The van der Waals surface area contributed by atoms with Gasteiger partial charge in [-0.1, -0.05) is 0 Å². The number of nitrogens with one attached hydrogen (secondary N) is 1. The molecule has 5 rings (SSSR count). The van der Waals surface area contributed by atoms with Crippen LogP contribution < -0.4 is 5.32 Å². The zero-order valence-electron chi connectivity index (χ0n) is 13.4. The van der Waals surface area contributed by atoms with Crippen LogP contribution in [0.1, 0.15) is 51.4 Å². The molecule has 1 heterocycles. The fraction of sp³-hybridized carbons (Fsp3) is 0.944. The first kappa shape index (κ1) is 14.0. The fourth-order valence-corrected chi connectivity index (χ4v) is 6.17. The van der Waals surface area contributed by atoms with Gasteiger partial charge in [0, 0.05) is 19.5 Å². The summed E-state index contributed by atoms with van der Waals surface area (Å²) in [5.41, 5.74) is 0. The van der Waals surface area contributed by atoms with E-state index in [9.17, 15) is 4.79 Å². The molecule has 0 atom stereocenters. The Kier molecular flexibility index (Phi) is 3.72. The lowest BCUT2D eigenvalue weighted by molar-refractivity contribution is -0.142. The van der Waals surface area contributed by atoms with Crippen molar-refractivity contribution in [2.75, 3.05) is 20.1 Å². The van der Waals surface area contributed by atoms with Crippen LogP contribution in [0, 0.1) is 29.6 Å². The Balaban J connectivity index is 1.39. The van der Waals surface area contributed by atoms with E-state index in [-0.39, 0.29) is 0 Å². The van der Waals surface area contributed by atoms with Crippen molar-refractivity contribution in [1.29, 1.82) is 0 Å². The van der Waals surface area contributed by atoms with Gasteiger partial charge in [-0.15, -0.1) is 0 Å². The Morgan fingerprint density at radius 2 is 1.57 bits per heavy atom. The Morgan fingerprint density at radius 1 is 1.00 bits per heavy atom. The summed E-state index contributed by atoms with van der Waals surface area (Å²) >= 11 is 0. The van der Waals surface area contributed by atoms with Crippen LogP contribution in [0.25, 0.3) is 0 Å². The molecule has 4 aliphatic carbocycles. The molecule has 1 saturated heterocycles. The van der Waals surface area contributed by atoms with Crippen LogP contribution in [0.15, 0.2) is 0 Å². The van der Waals surface area contributed by atoms with Crippen LogP contribution in [0.4, 0.5) is 0 Å². The predicted molar refractivity (Wildman–Crippen MR) is 83.8 cm³/mol. The van der Waals surface area contributed by atoms with Crippen LogP contribution in [-0.4, -0.2) is 37.0 Å². The normalized spacial score (nSPS) is 42.2. The molecule has 1 amide bonds. The van der Waals surface area contributed by atoms with Crippen LogP contribution >= 0.6 is 0 Å². The maximum Gasteiger partial charge on any atom is 0.222 e. The quantitative estimate of drug-likeness (QED) is 0.866. The maximum absolute atomic E-state index is 12.7. The summed E-state index contributed by atoms with van der Waals surface area (Å²) in [5, 5.41) is 3.40. The van der Waals surface area contributed by atoms with Gasteiger partial charge in [0.25, 0.3) is 0 Å². The van der Waals surface area contributed by atoms with Gasteiger partial charge in [-0.05, 0) is 87.6 Å². The third-order valence-corrected chi connectivity index (χ3v) is 6.94. The lowest BCUT2D eigenvalue weighted by atomic mass is 9.54. The van der Waals surface area contributed by atoms with Crippen molar-refractivity contribution in [3.05, 3.63) is 0 Å². The highest BCUT2D eigenvalue weighted by Gasteiger charge is 2.50. The zero-order valence-corrected chi connectivity index (χ0v) is 13.4. The molecule has 3 heteroatoms. The zero-order chi connectivity index (χ0) is 14.4. The van der Waals surface area contributed by atoms with Crippen molar-refractivity contribution in [2.45, 2.75) is 57.4 Å². The van der Waals surface area contributed by atoms with Crippen molar-refractivity contribution >= 4 is 5.91 Å². The summed E-state index contributed by atoms with van der Waals surface area (Å²) in [5.74, 6) is 4.69. The number of hydrogen-bond acceptors (Lipinski definition) is 2. The van der Waals surface area contributed by atoms with E-state index in [1.807, 2.05) is 0 Å². The van der Waals surface area contributed by atoms with Gasteiger partial charge in [-0.3, -0.25) is 4.79 Å². The van der Waals surface area contributed by atoms with Gasteiger partial charge in [-0.25, -0.2) is 0 Å². The summed E-state index contributed by atoms with van der Waals surface area (Å²) < 4.78 is 0. The summed E-state index contributed by atoms with van der Waals surface area (Å²) in [6, 6.07) is 0.576. The van der Waals surface area contributed by atoms with Gasteiger partial charge in [0.2, 0.25) is 5.91 Å². The lowest BCUT2D eigenvalue weighted by Crippen LogP contribution is -2.56. The highest BCUT2D eigenvalue weighted by atomic mass is 16.2. The Bertz CT molecular complexity index is 374. The second-order valence-electron chi connectivity index (χ2n) is 8.32. The van der Waals surface area contributed by atoms with E-state index >= 15 is 0 Å².